The van der Waals surface area contributed by atoms with Gasteiger partial charge in [0.1, 0.15) is 0 Å². The molecule has 1 nitrogen and oxygen atoms in total. The average Bonchev–Trinajstić information content (AvgIpc) is 2.66. The highest BCUT2D eigenvalue weighted by atomic mass is 35.5. The van der Waals surface area contributed by atoms with Crippen molar-refractivity contribution >= 4 is 22.9 Å². The minimum atomic E-state index is -2.53. The van der Waals surface area contributed by atoms with Crippen LogP contribution in [0.4, 0.5) is 8.78 Å². The molecule has 16 heavy (non-hydrogen) atoms. The summed E-state index contributed by atoms with van der Waals surface area (Å²) in [7, 11) is 0. The zero-order chi connectivity index (χ0) is 11.8. The van der Waals surface area contributed by atoms with Gasteiger partial charge in [0.2, 0.25) is 5.92 Å². The van der Waals surface area contributed by atoms with Gasteiger partial charge in [-0.3, -0.25) is 0 Å². The molecule has 0 radical (unpaired) electrons. The first kappa shape index (κ1) is 12.3. The quantitative estimate of drug-likeness (QED) is 0.865. The molecule has 2 N–H and O–H groups in total. The van der Waals surface area contributed by atoms with Gasteiger partial charge in [0.25, 0.3) is 0 Å². The van der Waals surface area contributed by atoms with E-state index in [1.54, 1.807) is 0 Å². The van der Waals surface area contributed by atoms with Crippen LogP contribution in [-0.2, 0) is 5.41 Å². The van der Waals surface area contributed by atoms with Crippen molar-refractivity contribution in [1.82, 2.24) is 0 Å². The van der Waals surface area contributed by atoms with Gasteiger partial charge in [-0.15, -0.1) is 11.3 Å². The van der Waals surface area contributed by atoms with Crippen LogP contribution in [0, 0.1) is 0 Å². The van der Waals surface area contributed by atoms with Gasteiger partial charge in [0.05, 0.1) is 5.02 Å². The summed E-state index contributed by atoms with van der Waals surface area (Å²) in [6, 6.07) is 1.81. The van der Waals surface area contributed by atoms with Crippen molar-refractivity contribution in [2.75, 3.05) is 6.54 Å². The van der Waals surface area contributed by atoms with E-state index in [1.165, 1.54) is 11.3 Å². The Balaban J connectivity index is 2.26. The van der Waals surface area contributed by atoms with Gasteiger partial charge in [-0.25, -0.2) is 8.78 Å². The number of alkyl halides is 2. The van der Waals surface area contributed by atoms with Crippen LogP contribution in [0.25, 0.3) is 0 Å². The van der Waals surface area contributed by atoms with Crippen LogP contribution in [-0.4, -0.2) is 12.5 Å². The van der Waals surface area contributed by atoms with Gasteiger partial charge >= 0.3 is 0 Å². The monoisotopic (exact) mass is 265 g/mol. The molecule has 1 aliphatic carbocycles. The first-order valence-electron chi connectivity index (χ1n) is 5.30. The van der Waals surface area contributed by atoms with E-state index >= 15 is 0 Å². The fourth-order valence-corrected chi connectivity index (χ4v) is 3.82. The van der Waals surface area contributed by atoms with Gasteiger partial charge in [-0.05, 0) is 24.3 Å². The molecule has 1 aromatic rings. The maximum absolute atomic E-state index is 13.2. The lowest BCUT2D eigenvalue weighted by atomic mass is 9.72. The van der Waals surface area contributed by atoms with Gasteiger partial charge in [0.15, 0.2) is 0 Å². The van der Waals surface area contributed by atoms with E-state index in [-0.39, 0.29) is 18.3 Å². The summed E-state index contributed by atoms with van der Waals surface area (Å²) in [5.74, 6) is -2.53. The summed E-state index contributed by atoms with van der Waals surface area (Å²) in [4.78, 5) is 0.979. The normalized spacial score (nSPS) is 23.2. The average molecular weight is 266 g/mol. The molecule has 0 aromatic carbocycles. The molecule has 1 saturated carbocycles. The lowest BCUT2D eigenvalue weighted by Crippen LogP contribution is -2.41. The zero-order valence-electron chi connectivity index (χ0n) is 8.81. The third-order valence-corrected chi connectivity index (χ3v) is 5.02. The predicted molar refractivity (Wildman–Crippen MR) is 63.5 cm³/mol. The Bertz CT molecular complexity index is 368. The maximum atomic E-state index is 13.2. The van der Waals surface area contributed by atoms with Crippen molar-refractivity contribution in [3.05, 3.63) is 21.3 Å². The molecule has 1 heterocycles. The first-order valence-corrected chi connectivity index (χ1v) is 6.56. The molecule has 0 aliphatic heterocycles. The van der Waals surface area contributed by atoms with Gasteiger partial charge in [-0.1, -0.05) is 11.6 Å². The van der Waals surface area contributed by atoms with Crippen molar-refractivity contribution in [2.24, 2.45) is 5.73 Å². The second-order valence-electron chi connectivity index (χ2n) is 4.44. The van der Waals surface area contributed by atoms with Crippen molar-refractivity contribution in [1.29, 1.82) is 0 Å². The van der Waals surface area contributed by atoms with Crippen molar-refractivity contribution in [2.45, 2.75) is 37.0 Å². The fourth-order valence-electron chi connectivity index (χ4n) is 2.29. The molecule has 1 aliphatic rings. The second kappa shape index (κ2) is 4.24. The SMILES string of the molecule is NCC1(c2sccc2Cl)CCC(F)(F)CC1. The maximum Gasteiger partial charge on any atom is 0.248 e. The van der Waals surface area contributed by atoms with E-state index in [4.69, 9.17) is 17.3 Å². The third-order valence-electron chi connectivity index (χ3n) is 3.43. The fraction of sp³-hybridized carbons (Fsp3) is 0.636. The van der Waals surface area contributed by atoms with Crippen LogP contribution >= 0.6 is 22.9 Å². The highest BCUT2D eigenvalue weighted by Gasteiger charge is 2.44. The van der Waals surface area contributed by atoms with E-state index in [9.17, 15) is 8.78 Å². The molecule has 0 unspecified atom stereocenters. The van der Waals surface area contributed by atoms with Crippen molar-refractivity contribution in [3.8, 4) is 0 Å². The minimum Gasteiger partial charge on any atom is -0.330 e. The Morgan fingerprint density at radius 3 is 2.38 bits per heavy atom. The molecule has 0 atom stereocenters. The second-order valence-corrected chi connectivity index (χ2v) is 5.76. The Kier molecular flexibility index (Phi) is 3.25. The van der Waals surface area contributed by atoms with Crippen LogP contribution in [0.15, 0.2) is 11.4 Å². The number of hydrogen-bond donors (Lipinski definition) is 1. The molecule has 0 amide bonds. The molecule has 90 valence electrons. The third kappa shape index (κ3) is 2.11. The van der Waals surface area contributed by atoms with Crippen LogP contribution in [0.5, 0.6) is 0 Å². The summed E-state index contributed by atoms with van der Waals surface area (Å²) in [5.41, 5.74) is 5.46. The minimum absolute atomic E-state index is 0.0849. The van der Waals surface area contributed by atoms with E-state index in [0.29, 0.717) is 24.4 Å². The Morgan fingerprint density at radius 1 is 1.31 bits per heavy atom. The summed E-state index contributed by atoms with van der Waals surface area (Å²) < 4.78 is 26.3. The summed E-state index contributed by atoms with van der Waals surface area (Å²) in [5, 5.41) is 2.56. The standard InChI is InChI=1S/C11H14ClF2NS/c12-8-1-6-16-9(8)10(7-15)2-4-11(13,14)5-3-10/h1,6H,2-5,7,15H2. The van der Waals surface area contributed by atoms with E-state index < -0.39 is 5.92 Å². The lowest BCUT2D eigenvalue weighted by molar-refractivity contribution is -0.0504. The Morgan fingerprint density at radius 2 is 1.94 bits per heavy atom. The predicted octanol–water partition coefficient (Wildman–Crippen LogP) is 3.81. The van der Waals surface area contributed by atoms with Crippen LogP contribution in [0.1, 0.15) is 30.6 Å². The highest BCUT2D eigenvalue weighted by molar-refractivity contribution is 7.10. The molecule has 5 heteroatoms. The number of nitrogens with two attached hydrogens (primary N) is 1. The molecule has 1 fully saturated rings. The molecular weight excluding hydrogens is 252 g/mol. The Hall–Kier alpha value is -0.190. The first-order chi connectivity index (χ1) is 7.49. The molecule has 2 rings (SSSR count). The summed E-state index contributed by atoms with van der Waals surface area (Å²) in [6.07, 6.45) is 0.685. The van der Waals surface area contributed by atoms with Crippen LogP contribution < -0.4 is 5.73 Å². The highest BCUT2D eigenvalue weighted by Crippen LogP contribution is 2.48. The van der Waals surface area contributed by atoms with Crippen LogP contribution in [0.3, 0.4) is 0 Å². The lowest BCUT2D eigenvalue weighted by Gasteiger charge is -2.39. The van der Waals surface area contributed by atoms with E-state index in [0.717, 1.165) is 4.88 Å². The topological polar surface area (TPSA) is 26.0 Å². The van der Waals surface area contributed by atoms with Gasteiger partial charge in [-0.2, -0.15) is 0 Å². The van der Waals surface area contributed by atoms with Crippen molar-refractivity contribution < 1.29 is 8.78 Å². The number of thiophene rings is 1. The zero-order valence-corrected chi connectivity index (χ0v) is 10.4. The smallest absolute Gasteiger partial charge is 0.248 e. The number of rotatable bonds is 2. The van der Waals surface area contributed by atoms with E-state index in [2.05, 4.69) is 0 Å². The molecular formula is C11H14ClF2NS. The van der Waals surface area contributed by atoms with Crippen LogP contribution in [0.2, 0.25) is 5.02 Å². The summed E-state index contributed by atoms with van der Waals surface area (Å²) >= 11 is 7.60. The molecule has 0 saturated heterocycles. The van der Waals surface area contributed by atoms with Gasteiger partial charge < -0.3 is 5.73 Å². The summed E-state index contributed by atoms with van der Waals surface area (Å²) in [6.45, 7) is 0.392. The Labute approximate surface area is 103 Å². The van der Waals surface area contributed by atoms with Gasteiger partial charge in [0, 0.05) is 29.7 Å². The van der Waals surface area contributed by atoms with E-state index in [1.807, 2.05) is 11.4 Å². The largest absolute Gasteiger partial charge is 0.330 e. The molecule has 0 bridgehead atoms. The molecule has 0 spiro atoms. The number of halogens is 3. The van der Waals surface area contributed by atoms with Crippen molar-refractivity contribution in [3.63, 3.8) is 0 Å². The number of hydrogen-bond acceptors (Lipinski definition) is 2. The molecule has 1 aromatic heterocycles.